The summed E-state index contributed by atoms with van der Waals surface area (Å²) in [4.78, 5) is 20.5. The highest BCUT2D eigenvalue weighted by Crippen LogP contribution is 2.35. The van der Waals surface area contributed by atoms with Gasteiger partial charge in [-0.1, -0.05) is 29.9 Å². The molecule has 1 N–H and O–H groups in total. The van der Waals surface area contributed by atoms with Crippen molar-refractivity contribution in [1.82, 2.24) is 9.97 Å². The third-order valence-electron chi connectivity index (χ3n) is 3.03. The van der Waals surface area contributed by atoms with Gasteiger partial charge in [-0.3, -0.25) is 14.0 Å². The van der Waals surface area contributed by atoms with E-state index in [-0.39, 0.29) is 17.0 Å². The Morgan fingerprint density at radius 2 is 2.32 bits per heavy atom. The summed E-state index contributed by atoms with van der Waals surface area (Å²) in [6, 6.07) is 3.69. The molecule has 0 aliphatic heterocycles. The number of amides is 1. The Kier molecular flexibility index (Phi) is 6.05. The Labute approximate surface area is 140 Å². The van der Waals surface area contributed by atoms with Gasteiger partial charge in [-0.2, -0.15) is 0 Å². The lowest BCUT2D eigenvalue weighted by Crippen LogP contribution is -2.26. The van der Waals surface area contributed by atoms with Crippen molar-refractivity contribution in [1.29, 1.82) is 0 Å². The SMILES string of the molecule is CCC(CS(C)=O)C(=O)Nc1sc(-c2cccnc2)nc1Cl. The van der Waals surface area contributed by atoms with Gasteiger partial charge in [-0.15, -0.1) is 0 Å². The van der Waals surface area contributed by atoms with Gasteiger partial charge in [0.2, 0.25) is 5.91 Å². The normalized spacial score (nSPS) is 13.6. The minimum atomic E-state index is -1.02. The molecule has 0 spiro atoms. The summed E-state index contributed by atoms with van der Waals surface area (Å²) >= 11 is 7.39. The lowest BCUT2D eigenvalue weighted by Gasteiger charge is -2.12. The van der Waals surface area contributed by atoms with Gasteiger partial charge in [0.1, 0.15) is 10.0 Å². The summed E-state index contributed by atoms with van der Waals surface area (Å²) in [6.45, 7) is 1.90. The quantitative estimate of drug-likeness (QED) is 0.861. The van der Waals surface area contributed by atoms with E-state index < -0.39 is 10.8 Å². The van der Waals surface area contributed by atoms with Crippen molar-refractivity contribution in [2.24, 2.45) is 5.92 Å². The van der Waals surface area contributed by atoms with Crippen LogP contribution in [0.3, 0.4) is 0 Å². The number of carbonyl (C=O) groups is 1. The smallest absolute Gasteiger partial charge is 0.229 e. The van der Waals surface area contributed by atoms with Gasteiger partial charge >= 0.3 is 0 Å². The summed E-state index contributed by atoms with van der Waals surface area (Å²) in [7, 11) is -1.02. The molecule has 0 radical (unpaired) electrons. The summed E-state index contributed by atoms with van der Waals surface area (Å²) in [5.41, 5.74) is 0.844. The van der Waals surface area contributed by atoms with Gasteiger partial charge in [0.25, 0.3) is 0 Å². The molecule has 0 saturated heterocycles. The molecule has 2 heterocycles. The van der Waals surface area contributed by atoms with Crippen LogP contribution in [0.2, 0.25) is 5.15 Å². The maximum atomic E-state index is 12.2. The second-order valence-corrected chi connectivity index (χ2v) is 7.55. The number of halogens is 1. The summed E-state index contributed by atoms with van der Waals surface area (Å²) in [5.74, 6) is -0.138. The van der Waals surface area contributed by atoms with Crippen LogP contribution in [0.4, 0.5) is 5.00 Å². The fourth-order valence-electron chi connectivity index (χ4n) is 1.87. The van der Waals surface area contributed by atoms with Crippen molar-refractivity contribution < 1.29 is 9.00 Å². The molecule has 2 atom stereocenters. The average Bonchev–Trinajstić information content (AvgIpc) is 2.86. The fraction of sp³-hybridized carbons (Fsp3) is 0.357. The fourth-order valence-corrected chi connectivity index (χ4v) is 3.97. The van der Waals surface area contributed by atoms with Crippen LogP contribution >= 0.6 is 22.9 Å². The summed E-state index contributed by atoms with van der Waals surface area (Å²) in [5, 5.41) is 4.24. The maximum Gasteiger partial charge on any atom is 0.229 e. The van der Waals surface area contributed by atoms with E-state index in [0.29, 0.717) is 22.2 Å². The topological polar surface area (TPSA) is 72.0 Å². The van der Waals surface area contributed by atoms with Crippen molar-refractivity contribution in [3.8, 4) is 10.6 Å². The van der Waals surface area contributed by atoms with Gasteiger partial charge in [0.15, 0.2) is 5.15 Å². The first-order valence-electron chi connectivity index (χ1n) is 6.68. The molecule has 8 heteroatoms. The average molecular weight is 358 g/mol. The van der Waals surface area contributed by atoms with Crippen LogP contribution in [0.1, 0.15) is 13.3 Å². The molecule has 0 fully saturated rings. The van der Waals surface area contributed by atoms with Crippen LogP contribution in [0.25, 0.3) is 10.6 Å². The first-order valence-corrected chi connectivity index (χ1v) is 9.61. The Balaban J connectivity index is 2.15. The highest BCUT2D eigenvalue weighted by atomic mass is 35.5. The Hall–Kier alpha value is -1.31. The van der Waals surface area contributed by atoms with Crippen molar-refractivity contribution in [2.75, 3.05) is 17.3 Å². The minimum absolute atomic E-state index is 0.180. The summed E-state index contributed by atoms with van der Waals surface area (Å²) in [6.07, 6.45) is 5.58. The van der Waals surface area contributed by atoms with Crippen molar-refractivity contribution in [3.05, 3.63) is 29.7 Å². The van der Waals surface area contributed by atoms with Crippen molar-refractivity contribution >= 4 is 44.6 Å². The highest BCUT2D eigenvalue weighted by molar-refractivity contribution is 7.84. The Morgan fingerprint density at radius 3 is 2.91 bits per heavy atom. The molecule has 2 aromatic heterocycles. The first kappa shape index (κ1) is 17.1. The molecule has 0 bridgehead atoms. The third kappa shape index (κ3) is 4.34. The molecular formula is C14H16ClN3O2S2. The van der Waals surface area contributed by atoms with Crippen LogP contribution in [0.15, 0.2) is 24.5 Å². The van der Waals surface area contributed by atoms with Crippen LogP contribution < -0.4 is 5.32 Å². The number of hydrogen-bond donors (Lipinski definition) is 1. The molecular weight excluding hydrogens is 342 g/mol. The lowest BCUT2D eigenvalue weighted by molar-refractivity contribution is -0.119. The van der Waals surface area contributed by atoms with Crippen LogP contribution in [-0.4, -0.2) is 32.1 Å². The largest absolute Gasteiger partial charge is 0.315 e. The van der Waals surface area contributed by atoms with Crippen LogP contribution in [0.5, 0.6) is 0 Å². The molecule has 118 valence electrons. The number of pyridine rings is 1. The maximum absolute atomic E-state index is 12.2. The van der Waals surface area contributed by atoms with E-state index in [1.165, 1.54) is 11.3 Å². The van der Waals surface area contributed by atoms with E-state index in [4.69, 9.17) is 11.6 Å². The van der Waals surface area contributed by atoms with E-state index in [9.17, 15) is 9.00 Å². The van der Waals surface area contributed by atoms with E-state index >= 15 is 0 Å². The first-order chi connectivity index (χ1) is 10.5. The molecule has 0 aliphatic rings. The zero-order valence-electron chi connectivity index (χ0n) is 12.2. The number of rotatable bonds is 6. The second-order valence-electron chi connectivity index (χ2n) is 4.71. The number of aromatic nitrogens is 2. The molecule has 0 aromatic carbocycles. The van der Waals surface area contributed by atoms with Crippen molar-refractivity contribution in [3.63, 3.8) is 0 Å². The van der Waals surface area contributed by atoms with Crippen LogP contribution in [-0.2, 0) is 15.6 Å². The zero-order chi connectivity index (χ0) is 16.1. The van der Waals surface area contributed by atoms with E-state index in [0.717, 1.165) is 5.56 Å². The zero-order valence-corrected chi connectivity index (χ0v) is 14.6. The van der Waals surface area contributed by atoms with Crippen molar-refractivity contribution in [2.45, 2.75) is 13.3 Å². The summed E-state index contributed by atoms with van der Waals surface area (Å²) < 4.78 is 11.3. The Bertz CT molecular complexity index is 676. The van der Waals surface area contributed by atoms with Gasteiger partial charge < -0.3 is 5.32 Å². The molecule has 22 heavy (non-hydrogen) atoms. The standard InChI is InChI=1S/C14H16ClN3O2S2/c1-3-9(8-22(2)20)12(19)18-14-11(15)17-13(21-14)10-5-4-6-16-7-10/h4-7,9H,3,8H2,1-2H3,(H,18,19). The number of carbonyl (C=O) groups excluding carboxylic acids is 1. The van der Waals surface area contributed by atoms with Gasteiger partial charge in [0, 0.05) is 46.7 Å². The predicted octanol–water partition coefficient (Wildman–Crippen LogP) is 3.20. The molecule has 2 unspecified atom stereocenters. The third-order valence-corrected chi connectivity index (χ3v) is 5.31. The van der Waals surface area contributed by atoms with E-state index in [1.54, 1.807) is 18.6 Å². The lowest BCUT2D eigenvalue weighted by atomic mass is 10.1. The molecule has 0 saturated carbocycles. The molecule has 2 rings (SSSR count). The van der Waals surface area contributed by atoms with Crippen LogP contribution in [0, 0.1) is 5.92 Å². The number of thiazole rings is 1. The monoisotopic (exact) mass is 357 g/mol. The molecule has 5 nitrogen and oxygen atoms in total. The molecule has 2 aromatic rings. The van der Waals surface area contributed by atoms with Gasteiger partial charge in [0.05, 0.1) is 0 Å². The predicted molar refractivity (Wildman–Crippen MR) is 91.7 cm³/mol. The number of nitrogens with zero attached hydrogens (tertiary/aromatic N) is 2. The van der Waals surface area contributed by atoms with E-state index in [2.05, 4.69) is 15.3 Å². The number of hydrogen-bond acceptors (Lipinski definition) is 5. The molecule has 1 amide bonds. The highest BCUT2D eigenvalue weighted by Gasteiger charge is 2.21. The number of nitrogens with one attached hydrogen (secondary N) is 1. The minimum Gasteiger partial charge on any atom is -0.315 e. The second kappa shape index (κ2) is 7.80. The molecule has 0 aliphatic carbocycles. The van der Waals surface area contributed by atoms with Gasteiger partial charge in [-0.05, 0) is 18.6 Å². The Morgan fingerprint density at radius 1 is 1.55 bits per heavy atom. The van der Waals surface area contributed by atoms with E-state index in [1.807, 2.05) is 19.1 Å². The van der Waals surface area contributed by atoms with Gasteiger partial charge in [-0.25, -0.2) is 4.98 Å². The number of anilines is 1.